The zero-order chi connectivity index (χ0) is 22.6. The number of hydrogen-bond acceptors (Lipinski definition) is 5. The molecule has 0 aliphatic carbocycles. The van der Waals surface area contributed by atoms with Gasteiger partial charge in [0.05, 0.1) is 24.7 Å². The summed E-state index contributed by atoms with van der Waals surface area (Å²) < 4.78 is 7.63. The summed E-state index contributed by atoms with van der Waals surface area (Å²) in [6, 6.07) is 25.6. The van der Waals surface area contributed by atoms with Crippen molar-refractivity contribution < 1.29 is 9.21 Å². The van der Waals surface area contributed by atoms with Gasteiger partial charge in [0.25, 0.3) is 5.91 Å². The topological polar surface area (TPSA) is 90.0 Å². The van der Waals surface area contributed by atoms with Crippen molar-refractivity contribution in [3.05, 3.63) is 118 Å². The molecule has 3 aromatic carbocycles. The average Bonchev–Trinajstić information content (AvgIpc) is 3.31. The maximum atomic E-state index is 12.7. The standard InChI is InChI=1S/C26H20N4O3/c31-23-14-25(19-7-3-1-4-8-19)33-24-12-11-18(13-22(23)24)16-30-17-21(28-29-30)15-27-26(32)20-9-5-2-6-10-20/h1-14,17H,15-16H2,(H,27,32). The second kappa shape index (κ2) is 8.92. The van der Waals surface area contributed by atoms with E-state index >= 15 is 0 Å². The summed E-state index contributed by atoms with van der Waals surface area (Å²) in [7, 11) is 0. The van der Waals surface area contributed by atoms with Gasteiger partial charge in [-0.15, -0.1) is 5.10 Å². The molecule has 0 saturated carbocycles. The lowest BCUT2D eigenvalue weighted by molar-refractivity contribution is 0.0950. The van der Waals surface area contributed by atoms with Gasteiger partial charge in [0.1, 0.15) is 17.0 Å². The number of benzene rings is 3. The van der Waals surface area contributed by atoms with Gasteiger partial charge in [-0.25, -0.2) is 4.68 Å². The minimum absolute atomic E-state index is 0.0974. The van der Waals surface area contributed by atoms with Crippen molar-refractivity contribution in [2.45, 2.75) is 13.1 Å². The van der Waals surface area contributed by atoms with Crippen LogP contribution < -0.4 is 10.7 Å². The number of hydrogen-bond donors (Lipinski definition) is 1. The van der Waals surface area contributed by atoms with Crippen LogP contribution in [-0.4, -0.2) is 20.9 Å². The molecule has 7 nitrogen and oxygen atoms in total. The number of nitrogens with one attached hydrogen (secondary N) is 1. The molecule has 0 saturated heterocycles. The van der Waals surface area contributed by atoms with Crippen molar-refractivity contribution >= 4 is 16.9 Å². The predicted octanol–water partition coefficient (Wildman–Crippen LogP) is 4.03. The van der Waals surface area contributed by atoms with Gasteiger partial charge in [-0.1, -0.05) is 59.8 Å². The molecular formula is C26H20N4O3. The van der Waals surface area contributed by atoms with Crippen LogP contribution in [0.3, 0.4) is 0 Å². The van der Waals surface area contributed by atoms with Gasteiger partial charge in [-0.3, -0.25) is 9.59 Å². The smallest absolute Gasteiger partial charge is 0.251 e. The van der Waals surface area contributed by atoms with E-state index in [9.17, 15) is 9.59 Å². The van der Waals surface area contributed by atoms with Crippen molar-refractivity contribution in [1.29, 1.82) is 0 Å². The highest BCUT2D eigenvalue weighted by Crippen LogP contribution is 2.22. The molecule has 0 aliphatic heterocycles. The fraction of sp³-hybridized carbons (Fsp3) is 0.0769. The van der Waals surface area contributed by atoms with E-state index in [1.165, 1.54) is 6.07 Å². The molecule has 2 aromatic heterocycles. The van der Waals surface area contributed by atoms with Crippen molar-refractivity contribution in [1.82, 2.24) is 20.3 Å². The van der Waals surface area contributed by atoms with Crippen molar-refractivity contribution in [3.63, 3.8) is 0 Å². The van der Waals surface area contributed by atoms with E-state index in [0.717, 1.165) is 11.1 Å². The fourth-order valence-corrected chi connectivity index (χ4v) is 3.59. The van der Waals surface area contributed by atoms with Crippen LogP contribution >= 0.6 is 0 Å². The summed E-state index contributed by atoms with van der Waals surface area (Å²) >= 11 is 0. The van der Waals surface area contributed by atoms with Crippen LogP contribution in [0.2, 0.25) is 0 Å². The lowest BCUT2D eigenvalue weighted by atomic mass is 10.1. The summed E-state index contributed by atoms with van der Waals surface area (Å²) in [6.07, 6.45) is 1.77. The van der Waals surface area contributed by atoms with Crippen LogP contribution in [0.25, 0.3) is 22.3 Å². The van der Waals surface area contributed by atoms with E-state index in [1.54, 1.807) is 29.1 Å². The fourth-order valence-electron chi connectivity index (χ4n) is 3.59. The lowest BCUT2D eigenvalue weighted by Crippen LogP contribution is -2.22. The van der Waals surface area contributed by atoms with Crippen LogP contribution in [0.5, 0.6) is 0 Å². The van der Waals surface area contributed by atoms with Crippen molar-refractivity contribution in [3.8, 4) is 11.3 Å². The Morgan fingerprint density at radius 2 is 1.70 bits per heavy atom. The molecular weight excluding hydrogens is 416 g/mol. The molecule has 2 heterocycles. The normalized spacial score (nSPS) is 10.9. The van der Waals surface area contributed by atoms with E-state index in [4.69, 9.17) is 4.42 Å². The molecule has 0 bridgehead atoms. The number of amides is 1. The number of carbonyl (C=O) groups excluding carboxylic acids is 1. The molecule has 0 unspecified atom stereocenters. The molecule has 7 heteroatoms. The summed E-state index contributed by atoms with van der Waals surface area (Å²) in [5.41, 5.74) is 3.43. The predicted molar refractivity (Wildman–Crippen MR) is 125 cm³/mol. The van der Waals surface area contributed by atoms with Crippen LogP contribution in [-0.2, 0) is 13.1 Å². The maximum Gasteiger partial charge on any atom is 0.251 e. The van der Waals surface area contributed by atoms with E-state index < -0.39 is 0 Å². The number of nitrogens with zero attached hydrogens (tertiary/aromatic N) is 3. The Bertz CT molecular complexity index is 1470. The van der Waals surface area contributed by atoms with Gasteiger partial charge in [-0.2, -0.15) is 0 Å². The van der Waals surface area contributed by atoms with Gasteiger partial charge in [0, 0.05) is 17.2 Å². The van der Waals surface area contributed by atoms with Gasteiger partial charge >= 0.3 is 0 Å². The van der Waals surface area contributed by atoms with Gasteiger partial charge in [-0.05, 0) is 29.8 Å². The largest absolute Gasteiger partial charge is 0.456 e. The maximum absolute atomic E-state index is 12.7. The molecule has 0 spiro atoms. The first-order valence-electron chi connectivity index (χ1n) is 10.5. The molecule has 0 atom stereocenters. The summed E-state index contributed by atoms with van der Waals surface area (Å²) in [5.74, 6) is 0.376. The minimum atomic E-state index is -0.165. The Kier molecular flexibility index (Phi) is 5.51. The summed E-state index contributed by atoms with van der Waals surface area (Å²) in [5, 5.41) is 11.6. The Hall–Kier alpha value is -4.52. The Labute approximate surface area is 189 Å². The van der Waals surface area contributed by atoms with E-state index in [0.29, 0.717) is 34.5 Å². The van der Waals surface area contributed by atoms with Crippen LogP contribution in [0.1, 0.15) is 21.6 Å². The third-order valence-corrected chi connectivity index (χ3v) is 5.25. The highest BCUT2D eigenvalue weighted by Gasteiger charge is 2.10. The van der Waals surface area contributed by atoms with Crippen LogP contribution in [0, 0.1) is 0 Å². The zero-order valence-corrected chi connectivity index (χ0v) is 17.6. The Morgan fingerprint density at radius 1 is 0.939 bits per heavy atom. The molecule has 0 aliphatic rings. The number of carbonyl (C=O) groups is 1. The minimum Gasteiger partial charge on any atom is -0.456 e. The average molecular weight is 436 g/mol. The van der Waals surface area contributed by atoms with Gasteiger partial charge in [0.2, 0.25) is 0 Å². The number of aromatic nitrogens is 3. The van der Waals surface area contributed by atoms with E-state index in [-0.39, 0.29) is 17.9 Å². The molecule has 5 aromatic rings. The lowest BCUT2D eigenvalue weighted by Gasteiger charge is -2.06. The Morgan fingerprint density at radius 3 is 2.48 bits per heavy atom. The third kappa shape index (κ3) is 4.57. The van der Waals surface area contributed by atoms with Gasteiger partial charge in [0.15, 0.2) is 5.43 Å². The van der Waals surface area contributed by atoms with Crippen LogP contribution in [0.4, 0.5) is 0 Å². The van der Waals surface area contributed by atoms with Crippen LogP contribution in [0.15, 0.2) is 100 Å². The first-order valence-corrected chi connectivity index (χ1v) is 10.5. The van der Waals surface area contributed by atoms with Crippen molar-refractivity contribution in [2.75, 3.05) is 0 Å². The number of rotatable bonds is 6. The monoisotopic (exact) mass is 436 g/mol. The second-order valence-electron chi connectivity index (χ2n) is 7.63. The van der Waals surface area contributed by atoms with E-state index in [2.05, 4.69) is 15.6 Å². The van der Waals surface area contributed by atoms with E-state index in [1.807, 2.05) is 60.7 Å². The third-order valence-electron chi connectivity index (χ3n) is 5.25. The second-order valence-corrected chi connectivity index (χ2v) is 7.63. The molecule has 0 radical (unpaired) electrons. The molecule has 33 heavy (non-hydrogen) atoms. The molecule has 5 rings (SSSR count). The highest BCUT2D eigenvalue weighted by atomic mass is 16.3. The van der Waals surface area contributed by atoms with Gasteiger partial charge < -0.3 is 9.73 Å². The highest BCUT2D eigenvalue weighted by molar-refractivity contribution is 5.94. The zero-order valence-electron chi connectivity index (χ0n) is 17.6. The number of fused-ring (bicyclic) bond motifs is 1. The molecule has 1 amide bonds. The quantitative estimate of drug-likeness (QED) is 0.434. The summed E-state index contributed by atoms with van der Waals surface area (Å²) in [6.45, 7) is 0.715. The molecule has 0 fully saturated rings. The molecule has 162 valence electrons. The Balaban J connectivity index is 1.29. The molecule has 1 N–H and O–H groups in total. The SMILES string of the molecule is O=C(NCc1cn(Cc2ccc3oc(-c4ccccc4)cc(=O)c3c2)nn1)c1ccccc1. The first-order chi connectivity index (χ1) is 16.2. The summed E-state index contributed by atoms with van der Waals surface area (Å²) in [4.78, 5) is 24.9. The first kappa shape index (κ1) is 20.4. The van der Waals surface area contributed by atoms with Crippen molar-refractivity contribution in [2.24, 2.45) is 0 Å².